The SMILES string of the molecule is CCCCN(CC1CCCN1)c1ccc(C#N)cc1. The molecule has 1 N–H and O–H groups in total. The number of unbranched alkanes of at least 4 members (excludes halogenated alkanes) is 1. The number of rotatable bonds is 6. The smallest absolute Gasteiger partial charge is 0.0991 e. The summed E-state index contributed by atoms with van der Waals surface area (Å²) in [7, 11) is 0. The van der Waals surface area contributed by atoms with Crippen molar-refractivity contribution in [3.05, 3.63) is 29.8 Å². The molecular formula is C16H23N3. The van der Waals surface area contributed by atoms with Gasteiger partial charge in [-0.1, -0.05) is 13.3 Å². The van der Waals surface area contributed by atoms with Crippen LogP contribution in [0.4, 0.5) is 5.69 Å². The first kappa shape index (κ1) is 13.9. The van der Waals surface area contributed by atoms with Crippen LogP contribution in [0.15, 0.2) is 24.3 Å². The molecule has 19 heavy (non-hydrogen) atoms. The van der Waals surface area contributed by atoms with Crippen molar-refractivity contribution in [1.29, 1.82) is 5.26 Å². The van der Waals surface area contributed by atoms with Crippen LogP contribution in [0, 0.1) is 11.3 Å². The minimum Gasteiger partial charge on any atom is -0.370 e. The quantitative estimate of drug-likeness (QED) is 0.851. The molecule has 0 radical (unpaired) electrons. The number of hydrogen-bond acceptors (Lipinski definition) is 3. The van der Waals surface area contributed by atoms with Gasteiger partial charge in [-0.2, -0.15) is 5.26 Å². The highest BCUT2D eigenvalue weighted by Gasteiger charge is 2.17. The van der Waals surface area contributed by atoms with Gasteiger partial charge in [-0.05, 0) is 50.1 Å². The summed E-state index contributed by atoms with van der Waals surface area (Å²) in [6.45, 7) is 5.55. The number of benzene rings is 1. The minimum atomic E-state index is 0.618. The van der Waals surface area contributed by atoms with Crippen LogP contribution in [0.3, 0.4) is 0 Å². The first-order valence-electron chi connectivity index (χ1n) is 7.32. The fourth-order valence-electron chi connectivity index (χ4n) is 2.60. The number of nitrogens with zero attached hydrogens (tertiary/aromatic N) is 2. The maximum atomic E-state index is 8.86. The highest BCUT2D eigenvalue weighted by Crippen LogP contribution is 2.18. The fraction of sp³-hybridized carbons (Fsp3) is 0.562. The zero-order chi connectivity index (χ0) is 13.5. The van der Waals surface area contributed by atoms with Crippen LogP contribution >= 0.6 is 0 Å². The molecule has 102 valence electrons. The van der Waals surface area contributed by atoms with Gasteiger partial charge < -0.3 is 10.2 Å². The lowest BCUT2D eigenvalue weighted by atomic mass is 10.1. The molecule has 1 saturated heterocycles. The highest BCUT2D eigenvalue weighted by molar-refractivity contribution is 5.49. The van der Waals surface area contributed by atoms with Gasteiger partial charge in [0, 0.05) is 24.8 Å². The van der Waals surface area contributed by atoms with Crippen molar-refractivity contribution < 1.29 is 0 Å². The van der Waals surface area contributed by atoms with Gasteiger partial charge >= 0.3 is 0 Å². The minimum absolute atomic E-state index is 0.618. The highest BCUT2D eigenvalue weighted by atomic mass is 15.2. The third-order valence-electron chi connectivity index (χ3n) is 3.75. The molecule has 3 heteroatoms. The van der Waals surface area contributed by atoms with E-state index in [4.69, 9.17) is 5.26 Å². The lowest BCUT2D eigenvalue weighted by Crippen LogP contribution is -2.38. The van der Waals surface area contributed by atoms with Crippen molar-refractivity contribution in [3.63, 3.8) is 0 Å². The van der Waals surface area contributed by atoms with Gasteiger partial charge in [0.1, 0.15) is 0 Å². The third kappa shape index (κ3) is 3.97. The summed E-state index contributed by atoms with van der Waals surface area (Å²) in [6.07, 6.45) is 5.00. The maximum Gasteiger partial charge on any atom is 0.0991 e. The van der Waals surface area contributed by atoms with Gasteiger partial charge in [0.15, 0.2) is 0 Å². The Morgan fingerprint density at radius 1 is 1.37 bits per heavy atom. The van der Waals surface area contributed by atoms with Crippen molar-refractivity contribution >= 4 is 5.69 Å². The van der Waals surface area contributed by atoms with Crippen molar-refractivity contribution in [1.82, 2.24) is 5.32 Å². The summed E-state index contributed by atoms with van der Waals surface area (Å²) in [6, 6.07) is 10.8. The number of hydrogen-bond donors (Lipinski definition) is 1. The molecule has 0 aromatic heterocycles. The topological polar surface area (TPSA) is 39.1 Å². The van der Waals surface area contributed by atoms with Crippen LogP contribution in [-0.4, -0.2) is 25.7 Å². The zero-order valence-corrected chi connectivity index (χ0v) is 11.7. The monoisotopic (exact) mass is 257 g/mol. The van der Waals surface area contributed by atoms with Crippen molar-refractivity contribution in [2.75, 3.05) is 24.5 Å². The van der Waals surface area contributed by atoms with Gasteiger partial charge in [-0.25, -0.2) is 0 Å². The van der Waals surface area contributed by atoms with E-state index in [1.807, 2.05) is 12.1 Å². The van der Waals surface area contributed by atoms with E-state index in [-0.39, 0.29) is 0 Å². The second kappa shape index (κ2) is 7.16. The number of nitrogens with one attached hydrogen (secondary N) is 1. The molecular weight excluding hydrogens is 234 g/mol. The van der Waals surface area contributed by atoms with Crippen LogP contribution in [0.1, 0.15) is 38.2 Å². The summed E-state index contributed by atoms with van der Waals surface area (Å²) in [4.78, 5) is 2.45. The fourth-order valence-corrected chi connectivity index (χ4v) is 2.60. The van der Waals surface area contributed by atoms with Crippen molar-refractivity contribution in [2.45, 2.75) is 38.6 Å². The van der Waals surface area contributed by atoms with E-state index in [2.05, 4.69) is 35.3 Å². The van der Waals surface area contributed by atoms with Crippen LogP contribution in [-0.2, 0) is 0 Å². The lowest BCUT2D eigenvalue weighted by molar-refractivity contribution is 0.572. The van der Waals surface area contributed by atoms with E-state index in [0.29, 0.717) is 6.04 Å². The Kier molecular flexibility index (Phi) is 5.23. The van der Waals surface area contributed by atoms with Crippen molar-refractivity contribution in [2.24, 2.45) is 0 Å². The summed E-state index contributed by atoms with van der Waals surface area (Å²) in [5.74, 6) is 0. The summed E-state index contributed by atoms with van der Waals surface area (Å²) in [5.41, 5.74) is 1.97. The van der Waals surface area contributed by atoms with Crippen molar-refractivity contribution in [3.8, 4) is 6.07 Å². The first-order chi connectivity index (χ1) is 9.33. The van der Waals surface area contributed by atoms with E-state index >= 15 is 0 Å². The second-order valence-corrected chi connectivity index (χ2v) is 5.25. The molecule has 1 atom stereocenters. The molecule has 1 aromatic carbocycles. The van der Waals surface area contributed by atoms with Gasteiger partial charge in [0.2, 0.25) is 0 Å². The maximum absolute atomic E-state index is 8.86. The van der Waals surface area contributed by atoms with Gasteiger partial charge in [0.05, 0.1) is 11.6 Å². The zero-order valence-electron chi connectivity index (χ0n) is 11.7. The lowest BCUT2D eigenvalue weighted by Gasteiger charge is -2.28. The molecule has 0 amide bonds. The number of nitriles is 1. The molecule has 1 aliphatic heterocycles. The Balaban J connectivity index is 2.04. The Bertz CT molecular complexity index is 413. The van der Waals surface area contributed by atoms with E-state index in [9.17, 15) is 0 Å². The Hall–Kier alpha value is -1.53. The van der Waals surface area contributed by atoms with Gasteiger partial charge in [0.25, 0.3) is 0 Å². The van der Waals surface area contributed by atoms with Gasteiger partial charge in [-0.3, -0.25) is 0 Å². The molecule has 1 unspecified atom stereocenters. The van der Waals surface area contributed by atoms with E-state index < -0.39 is 0 Å². The normalized spacial score (nSPS) is 18.2. The van der Waals surface area contributed by atoms with Crippen LogP contribution < -0.4 is 10.2 Å². The average Bonchev–Trinajstić information content (AvgIpc) is 2.96. The first-order valence-corrected chi connectivity index (χ1v) is 7.32. The molecule has 0 saturated carbocycles. The Morgan fingerprint density at radius 3 is 2.74 bits per heavy atom. The molecule has 0 aliphatic carbocycles. The summed E-state index contributed by atoms with van der Waals surface area (Å²) < 4.78 is 0. The Morgan fingerprint density at radius 2 is 2.16 bits per heavy atom. The molecule has 2 rings (SSSR count). The predicted octanol–water partition coefficient (Wildman–Crippen LogP) is 2.92. The molecule has 1 heterocycles. The molecule has 3 nitrogen and oxygen atoms in total. The molecule has 0 bridgehead atoms. The third-order valence-corrected chi connectivity index (χ3v) is 3.75. The molecule has 0 spiro atoms. The second-order valence-electron chi connectivity index (χ2n) is 5.25. The summed E-state index contributed by atoms with van der Waals surface area (Å²) >= 11 is 0. The molecule has 1 aromatic rings. The molecule has 1 aliphatic rings. The number of anilines is 1. The van der Waals surface area contributed by atoms with E-state index in [1.165, 1.54) is 31.4 Å². The van der Waals surface area contributed by atoms with E-state index in [1.54, 1.807) is 0 Å². The van der Waals surface area contributed by atoms with Crippen LogP contribution in [0.5, 0.6) is 0 Å². The molecule has 1 fully saturated rings. The van der Waals surface area contributed by atoms with Crippen LogP contribution in [0.25, 0.3) is 0 Å². The van der Waals surface area contributed by atoms with Crippen LogP contribution in [0.2, 0.25) is 0 Å². The predicted molar refractivity (Wildman–Crippen MR) is 79.3 cm³/mol. The van der Waals surface area contributed by atoms with E-state index in [0.717, 1.165) is 25.2 Å². The summed E-state index contributed by atoms with van der Waals surface area (Å²) in [5, 5.41) is 12.4. The standard InChI is InChI=1S/C16H23N3/c1-2-3-11-19(13-15-5-4-10-18-15)16-8-6-14(12-17)7-9-16/h6-9,15,18H,2-5,10-11,13H2,1H3. The largest absolute Gasteiger partial charge is 0.370 e. The average molecular weight is 257 g/mol. The Labute approximate surface area is 116 Å². The van der Waals surface area contributed by atoms with Gasteiger partial charge in [-0.15, -0.1) is 0 Å².